The van der Waals surface area contributed by atoms with Gasteiger partial charge in [0.15, 0.2) is 0 Å². The van der Waals surface area contributed by atoms with Gasteiger partial charge in [0.05, 0.1) is 34.4 Å². The van der Waals surface area contributed by atoms with Crippen LogP contribution >= 0.6 is 7.82 Å². The largest absolute Gasteiger partial charge is 0.472 e. The second-order valence-corrected chi connectivity index (χ2v) is 18.2. The summed E-state index contributed by atoms with van der Waals surface area (Å²) in [7, 11) is 1.93. The van der Waals surface area contributed by atoms with Crippen molar-refractivity contribution in [3.8, 4) is 0 Å². The lowest BCUT2D eigenvalue weighted by atomic mass is 10.0. The van der Waals surface area contributed by atoms with E-state index in [1.807, 2.05) is 21.1 Å². The van der Waals surface area contributed by atoms with Gasteiger partial charge in [-0.15, -0.1) is 0 Å². The fourth-order valence-corrected chi connectivity index (χ4v) is 7.40. The summed E-state index contributed by atoms with van der Waals surface area (Å²) in [5.41, 5.74) is 0. The quantitative estimate of drug-likeness (QED) is 0.0378. The molecule has 0 rings (SSSR count). The van der Waals surface area contributed by atoms with Crippen molar-refractivity contribution in [3.05, 3.63) is 0 Å². The van der Waals surface area contributed by atoms with Gasteiger partial charge in [-0.05, 0) is 12.8 Å². The average molecular weight is 763 g/mol. The van der Waals surface area contributed by atoms with Gasteiger partial charge in [-0.1, -0.05) is 206 Å². The molecule has 0 amide bonds. The summed E-state index contributed by atoms with van der Waals surface area (Å²) in [5.74, 6) is 0. The summed E-state index contributed by atoms with van der Waals surface area (Å²) in [6, 6.07) is 0. The van der Waals surface area contributed by atoms with Crippen LogP contribution in [0.4, 0.5) is 0 Å². The molecule has 52 heavy (non-hydrogen) atoms. The Morgan fingerprint density at radius 1 is 0.442 bits per heavy atom. The van der Waals surface area contributed by atoms with E-state index in [0.29, 0.717) is 30.8 Å². The van der Waals surface area contributed by atoms with Crippen LogP contribution < -0.4 is 0 Å². The zero-order valence-electron chi connectivity index (χ0n) is 35.8. The van der Waals surface area contributed by atoms with E-state index in [9.17, 15) is 9.46 Å². The van der Waals surface area contributed by atoms with Crippen LogP contribution in [0.25, 0.3) is 0 Å². The third kappa shape index (κ3) is 42.7. The molecule has 0 spiro atoms. The Bertz CT molecular complexity index is 749. The molecule has 8 heteroatoms. The number of rotatable bonds is 44. The van der Waals surface area contributed by atoms with E-state index in [0.717, 1.165) is 19.3 Å². The average Bonchev–Trinajstić information content (AvgIpc) is 3.10. The summed E-state index contributed by atoms with van der Waals surface area (Å²) in [5, 5.41) is 0. The maximum absolute atomic E-state index is 12.5. The van der Waals surface area contributed by atoms with Gasteiger partial charge in [0.25, 0.3) is 0 Å². The standard InChI is InChI=1S/C44H92NO6P/c1-6-8-10-12-14-16-18-20-22-24-26-28-30-32-34-36-39-48-42-44(43-51-52(46,47)50-41-38-45(3,4)5)49-40-37-35-33-31-29-27-25-23-21-19-17-15-13-11-9-7-2/h44H,6-43H2,1-5H3/p+1/t44-/m1/s1. The number of hydrogen-bond donors (Lipinski definition) is 1. The molecule has 0 aromatic carbocycles. The Kier molecular flexibility index (Phi) is 39.2. The first-order valence-corrected chi connectivity index (χ1v) is 24.3. The number of hydrogen-bond acceptors (Lipinski definition) is 5. The number of phosphoric ester groups is 1. The summed E-state index contributed by atoms with van der Waals surface area (Å²) in [4.78, 5) is 10.2. The van der Waals surface area contributed by atoms with E-state index in [1.54, 1.807) is 0 Å². The van der Waals surface area contributed by atoms with Crippen molar-refractivity contribution >= 4 is 7.82 Å². The molecule has 0 saturated carbocycles. The van der Waals surface area contributed by atoms with Crippen LogP contribution in [0.5, 0.6) is 0 Å². The van der Waals surface area contributed by atoms with Crippen LogP contribution in [0.1, 0.15) is 219 Å². The van der Waals surface area contributed by atoms with Crippen LogP contribution in [-0.2, 0) is 23.1 Å². The number of phosphoric acid groups is 1. The lowest BCUT2D eigenvalue weighted by Crippen LogP contribution is -2.37. The van der Waals surface area contributed by atoms with E-state index >= 15 is 0 Å². The maximum Gasteiger partial charge on any atom is 0.472 e. The van der Waals surface area contributed by atoms with Gasteiger partial charge in [-0.25, -0.2) is 4.57 Å². The third-order valence-electron chi connectivity index (χ3n) is 10.2. The van der Waals surface area contributed by atoms with Crippen LogP contribution in [0.3, 0.4) is 0 Å². The van der Waals surface area contributed by atoms with Gasteiger partial charge in [-0.2, -0.15) is 0 Å². The van der Waals surface area contributed by atoms with E-state index < -0.39 is 7.82 Å². The van der Waals surface area contributed by atoms with Gasteiger partial charge in [-0.3, -0.25) is 9.05 Å². The topological polar surface area (TPSA) is 74.2 Å². The predicted octanol–water partition coefficient (Wildman–Crippen LogP) is 13.8. The van der Waals surface area contributed by atoms with Crippen molar-refractivity contribution in [2.75, 3.05) is 60.7 Å². The monoisotopic (exact) mass is 763 g/mol. The smallest absolute Gasteiger partial charge is 0.379 e. The zero-order chi connectivity index (χ0) is 38.3. The van der Waals surface area contributed by atoms with Crippen molar-refractivity contribution < 1.29 is 32.5 Å². The minimum absolute atomic E-state index is 0.00400. The van der Waals surface area contributed by atoms with Gasteiger partial charge in [0.1, 0.15) is 19.3 Å². The number of unbranched alkanes of at least 4 members (excludes halogenated alkanes) is 30. The molecule has 0 aliphatic carbocycles. The number of quaternary nitrogens is 1. The van der Waals surface area contributed by atoms with Crippen molar-refractivity contribution in [1.82, 2.24) is 0 Å². The van der Waals surface area contributed by atoms with Crippen molar-refractivity contribution in [1.29, 1.82) is 0 Å². The van der Waals surface area contributed by atoms with Crippen LogP contribution in [0, 0.1) is 0 Å². The summed E-state index contributed by atoms with van der Waals surface area (Å²) < 4.78 is 35.8. The van der Waals surface area contributed by atoms with Crippen molar-refractivity contribution in [3.63, 3.8) is 0 Å². The lowest BCUT2D eigenvalue weighted by molar-refractivity contribution is -0.870. The fraction of sp³-hybridized carbons (Fsp3) is 1.00. The van der Waals surface area contributed by atoms with E-state index in [-0.39, 0.29) is 19.3 Å². The highest BCUT2D eigenvalue weighted by Crippen LogP contribution is 2.43. The molecule has 0 radical (unpaired) electrons. The maximum atomic E-state index is 12.5. The molecule has 2 atom stereocenters. The molecule has 0 aromatic heterocycles. The predicted molar refractivity (Wildman–Crippen MR) is 224 cm³/mol. The summed E-state index contributed by atoms with van der Waals surface area (Å²) in [6.45, 7) is 7.03. The SMILES string of the molecule is CCCCCCCCCCCCCCCCCCOC[C@H](COP(=O)(O)OCC[N+](C)(C)C)OCCCCCCCCCCCCCCCCCC. The van der Waals surface area contributed by atoms with Gasteiger partial charge in [0.2, 0.25) is 0 Å². The highest BCUT2D eigenvalue weighted by Gasteiger charge is 2.25. The van der Waals surface area contributed by atoms with Gasteiger partial charge >= 0.3 is 7.82 Å². The minimum atomic E-state index is -4.13. The molecule has 0 aromatic rings. The molecule has 0 aliphatic heterocycles. The fourth-order valence-electron chi connectivity index (χ4n) is 6.66. The molecular weight excluding hydrogens is 669 g/mol. The second kappa shape index (κ2) is 39.2. The Hall–Kier alpha value is -0.0100. The number of nitrogens with zero attached hydrogens (tertiary/aromatic N) is 1. The molecule has 0 heterocycles. The normalized spacial score (nSPS) is 13.9. The molecular formula is C44H93NO6P+. The Balaban J connectivity index is 4.03. The molecule has 1 unspecified atom stereocenters. The number of ether oxygens (including phenoxy) is 2. The van der Waals surface area contributed by atoms with E-state index in [4.69, 9.17) is 18.5 Å². The minimum Gasteiger partial charge on any atom is -0.379 e. The summed E-state index contributed by atoms with van der Waals surface area (Å²) in [6.07, 6.45) is 42.7. The van der Waals surface area contributed by atoms with Crippen molar-refractivity contribution in [2.24, 2.45) is 0 Å². The molecule has 0 fully saturated rings. The Morgan fingerprint density at radius 2 is 0.769 bits per heavy atom. The van der Waals surface area contributed by atoms with Crippen molar-refractivity contribution in [2.45, 2.75) is 225 Å². The second-order valence-electron chi connectivity index (χ2n) is 16.8. The third-order valence-corrected chi connectivity index (χ3v) is 11.2. The molecule has 1 N–H and O–H groups in total. The molecule has 7 nitrogen and oxygen atoms in total. The van der Waals surface area contributed by atoms with Crippen LogP contribution in [0.15, 0.2) is 0 Å². The highest BCUT2D eigenvalue weighted by molar-refractivity contribution is 7.47. The first-order chi connectivity index (χ1) is 25.2. The van der Waals surface area contributed by atoms with Crippen LogP contribution in [-0.4, -0.2) is 76.2 Å². The number of likely N-dealkylation sites (N-methyl/N-ethyl adjacent to an activating group) is 1. The molecule has 0 bridgehead atoms. The molecule has 0 aliphatic rings. The first-order valence-electron chi connectivity index (χ1n) is 22.8. The van der Waals surface area contributed by atoms with Crippen LogP contribution in [0.2, 0.25) is 0 Å². The Labute approximate surface area is 325 Å². The Morgan fingerprint density at radius 3 is 1.12 bits per heavy atom. The molecule has 0 saturated heterocycles. The van der Waals surface area contributed by atoms with E-state index in [2.05, 4.69) is 13.8 Å². The first kappa shape index (κ1) is 52.0. The molecule has 314 valence electrons. The zero-order valence-corrected chi connectivity index (χ0v) is 36.7. The van der Waals surface area contributed by atoms with Gasteiger partial charge < -0.3 is 18.9 Å². The highest BCUT2D eigenvalue weighted by atomic mass is 31.2. The van der Waals surface area contributed by atoms with Gasteiger partial charge in [0, 0.05) is 13.2 Å². The van der Waals surface area contributed by atoms with E-state index in [1.165, 1.54) is 186 Å². The summed E-state index contributed by atoms with van der Waals surface area (Å²) >= 11 is 0. The lowest BCUT2D eigenvalue weighted by Gasteiger charge is -2.24.